The van der Waals surface area contributed by atoms with Gasteiger partial charge in [-0.1, -0.05) is 12.1 Å². The zero-order chi connectivity index (χ0) is 17.6. The molecule has 0 saturated carbocycles. The monoisotopic (exact) mass is 346 g/mol. The van der Waals surface area contributed by atoms with Gasteiger partial charge in [0.15, 0.2) is 24.7 Å². The minimum atomic E-state index is -4.44. The summed E-state index contributed by atoms with van der Waals surface area (Å²) in [7, 11) is 0. The Labute approximate surface area is 138 Å². The zero-order valence-electron chi connectivity index (χ0n) is 13.2. The van der Waals surface area contributed by atoms with E-state index in [0.717, 1.165) is 19.3 Å². The molecule has 0 spiro atoms. The van der Waals surface area contributed by atoms with Crippen LogP contribution in [0.25, 0.3) is 0 Å². The van der Waals surface area contributed by atoms with E-state index in [1.54, 1.807) is 11.0 Å². The van der Waals surface area contributed by atoms with Crippen LogP contribution in [0.3, 0.4) is 0 Å². The van der Waals surface area contributed by atoms with E-state index in [0.29, 0.717) is 13.1 Å². The fourth-order valence-corrected chi connectivity index (χ4v) is 2.64. The topological polar surface area (TPSA) is 64.8 Å². The van der Waals surface area contributed by atoms with Gasteiger partial charge >= 0.3 is 6.18 Å². The van der Waals surface area contributed by atoms with E-state index in [4.69, 9.17) is 15.2 Å². The van der Waals surface area contributed by atoms with Gasteiger partial charge in [-0.2, -0.15) is 13.2 Å². The average Bonchev–Trinajstić information content (AvgIpc) is 2.57. The van der Waals surface area contributed by atoms with Crippen LogP contribution in [0.1, 0.15) is 19.3 Å². The summed E-state index contributed by atoms with van der Waals surface area (Å²) in [5, 5.41) is 0. The van der Waals surface area contributed by atoms with Crippen molar-refractivity contribution in [1.82, 2.24) is 4.90 Å². The van der Waals surface area contributed by atoms with Crippen LogP contribution in [0.4, 0.5) is 13.2 Å². The Bertz CT molecular complexity index is 552. The number of carbonyl (C=O) groups excluding carboxylic acids is 1. The van der Waals surface area contributed by atoms with Gasteiger partial charge < -0.3 is 20.1 Å². The Kier molecular flexibility index (Phi) is 6.30. The Hall–Kier alpha value is -1.96. The SMILES string of the molecule is NC[C@@H]1CCCCN1C(=O)COc1ccccc1OCC(F)(F)F. The number of amides is 1. The maximum atomic E-state index is 12.3. The first-order valence-corrected chi connectivity index (χ1v) is 7.81. The number of benzene rings is 1. The van der Waals surface area contributed by atoms with Gasteiger partial charge in [0.2, 0.25) is 0 Å². The van der Waals surface area contributed by atoms with Crippen LogP contribution >= 0.6 is 0 Å². The van der Waals surface area contributed by atoms with Crippen LogP contribution in [0.2, 0.25) is 0 Å². The quantitative estimate of drug-likeness (QED) is 0.859. The summed E-state index contributed by atoms with van der Waals surface area (Å²) in [6.45, 7) is -0.668. The lowest BCUT2D eigenvalue weighted by Gasteiger charge is -2.35. The highest BCUT2D eigenvalue weighted by Crippen LogP contribution is 2.28. The highest BCUT2D eigenvalue weighted by molar-refractivity contribution is 5.78. The molecule has 1 aromatic rings. The molecule has 2 rings (SSSR count). The second-order valence-electron chi connectivity index (χ2n) is 5.61. The van der Waals surface area contributed by atoms with Gasteiger partial charge in [0.05, 0.1) is 0 Å². The number of hydrogen-bond donors (Lipinski definition) is 1. The van der Waals surface area contributed by atoms with Crippen molar-refractivity contribution in [3.8, 4) is 11.5 Å². The van der Waals surface area contributed by atoms with Crippen molar-refractivity contribution in [2.75, 3.05) is 26.3 Å². The van der Waals surface area contributed by atoms with E-state index in [-0.39, 0.29) is 30.1 Å². The van der Waals surface area contributed by atoms with Crippen molar-refractivity contribution in [1.29, 1.82) is 0 Å². The lowest BCUT2D eigenvalue weighted by atomic mass is 10.0. The van der Waals surface area contributed by atoms with Gasteiger partial charge in [0.1, 0.15) is 0 Å². The van der Waals surface area contributed by atoms with E-state index in [2.05, 4.69) is 0 Å². The van der Waals surface area contributed by atoms with E-state index >= 15 is 0 Å². The molecule has 1 saturated heterocycles. The van der Waals surface area contributed by atoms with Gasteiger partial charge in [0.25, 0.3) is 5.91 Å². The first-order valence-electron chi connectivity index (χ1n) is 7.81. The zero-order valence-corrected chi connectivity index (χ0v) is 13.2. The number of para-hydroxylation sites is 2. The van der Waals surface area contributed by atoms with Crippen LogP contribution in [0.5, 0.6) is 11.5 Å². The number of piperidine rings is 1. The van der Waals surface area contributed by atoms with Gasteiger partial charge in [-0.15, -0.1) is 0 Å². The van der Waals surface area contributed by atoms with Crippen molar-refractivity contribution >= 4 is 5.91 Å². The molecule has 0 aromatic heterocycles. The number of carbonyl (C=O) groups is 1. The fraction of sp³-hybridized carbons (Fsp3) is 0.562. The number of nitrogens with two attached hydrogens (primary N) is 1. The third-order valence-electron chi connectivity index (χ3n) is 3.81. The summed E-state index contributed by atoms with van der Waals surface area (Å²) in [6, 6.07) is 5.97. The van der Waals surface area contributed by atoms with Crippen LogP contribution in [-0.4, -0.2) is 49.3 Å². The molecule has 0 aliphatic carbocycles. The predicted molar refractivity (Wildman–Crippen MR) is 81.9 cm³/mol. The van der Waals surface area contributed by atoms with Crippen molar-refractivity contribution in [3.05, 3.63) is 24.3 Å². The predicted octanol–water partition coefficient (Wildman–Crippen LogP) is 2.35. The molecule has 1 fully saturated rings. The second-order valence-corrected chi connectivity index (χ2v) is 5.61. The Morgan fingerprint density at radius 2 is 1.88 bits per heavy atom. The third kappa shape index (κ3) is 5.30. The van der Waals surface area contributed by atoms with Crippen molar-refractivity contribution < 1.29 is 27.4 Å². The molecule has 5 nitrogen and oxygen atoms in total. The van der Waals surface area contributed by atoms with E-state index in [1.165, 1.54) is 18.2 Å². The minimum absolute atomic E-state index is 0.00780. The Balaban J connectivity index is 1.95. The third-order valence-corrected chi connectivity index (χ3v) is 3.81. The lowest BCUT2D eigenvalue weighted by molar-refractivity contribution is -0.153. The van der Waals surface area contributed by atoms with Crippen LogP contribution in [-0.2, 0) is 4.79 Å². The number of nitrogens with zero attached hydrogens (tertiary/aromatic N) is 1. The molecule has 134 valence electrons. The Morgan fingerprint density at radius 3 is 2.50 bits per heavy atom. The van der Waals surface area contributed by atoms with Gasteiger partial charge in [0, 0.05) is 19.1 Å². The van der Waals surface area contributed by atoms with Crippen LogP contribution < -0.4 is 15.2 Å². The van der Waals surface area contributed by atoms with E-state index in [1.807, 2.05) is 0 Å². The van der Waals surface area contributed by atoms with E-state index < -0.39 is 12.8 Å². The largest absolute Gasteiger partial charge is 0.480 e. The molecule has 0 bridgehead atoms. The maximum Gasteiger partial charge on any atom is 0.422 e. The molecule has 1 aliphatic heterocycles. The lowest BCUT2D eigenvalue weighted by Crippen LogP contribution is -2.49. The number of alkyl halides is 3. The number of ether oxygens (including phenoxy) is 2. The van der Waals surface area contributed by atoms with Gasteiger partial charge in [-0.25, -0.2) is 0 Å². The maximum absolute atomic E-state index is 12.3. The number of hydrogen-bond acceptors (Lipinski definition) is 4. The normalized spacial score (nSPS) is 18.3. The standard InChI is InChI=1S/C16H21F3N2O3/c17-16(18,19)11-24-14-7-2-1-6-13(14)23-10-15(22)21-8-4-3-5-12(21)9-20/h1-2,6-7,12H,3-5,8-11,20H2/t12-/m0/s1. The molecule has 24 heavy (non-hydrogen) atoms. The number of rotatable bonds is 6. The first kappa shape index (κ1) is 18.4. The molecule has 1 aliphatic rings. The second kappa shape index (κ2) is 8.23. The Morgan fingerprint density at radius 1 is 1.21 bits per heavy atom. The molecular weight excluding hydrogens is 325 g/mol. The molecule has 1 aromatic carbocycles. The molecule has 1 heterocycles. The smallest absolute Gasteiger partial charge is 0.422 e. The molecular formula is C16H21F3N2O3. The minimum Gasteiger partial charge on any atom is -0.480 e. The number of likely N-dealkylation sites (tertiary alicyclic amines) is 1. The summed E-state index contributed by atoms with van der Waals surface area (Å²) in [5.74, 6) is -0.163. The van der Waals surface area contributed by atoms with Crippen LogP contribution in [0.15, 0.2) is 24.3 Å². The molecule has 2 N–H and O–H groups in total. The van der Waals surface area contributed by atoms with Crippen molar-refractivity contribution in [2.24, 2.45) is 5.73 Å². The van der Waals surface area contributed by atoms with E-state index in [9.17, 15) is 18.0 Å². The molecule has 8 heteroatoms. The summed E-state index contributed by atoms with van der Waals surface area (Å²) in [4.78, 5) is 14.0. The molecule has 1 atom stereocenters. The molecule has 1 amide bonds. The summed E-state index contributed by atoms with van der Waals surface area (Å²) < 4.78 is 46.9. The van der Waals surface area contributed by atoms with Gasteiger partial charge in [-0.05, 0) is 31.4 Å². The summed E-state index contributed by atoms with van der Waals surface area (Å²) >= 11 is 0. The summed E-state index contributed by atoms with van der Waals surface area (Å²) in [6.07, 6.45) is -1.65. The fourth-order valence-electron chi connectivity index (χ4n) is 2.64. The van der Waals surface area contributed by atoms with Crippen molar-refractivity contribution in [3.63, 3.8) is 0 Å². The summed E-state index contributed by atoms with van der Waals surface area (Å²) in [5.41, 5.74) is 5.68. The molecule has 0 radical (unpaired) electrons. The number of halogens is 3. The van der Waals surface area contributed by atoms with Gasteiger partial charge in [-0.3, -0.25) is 4.79 Å². The van der Waals surface area contributed by atoms with Crippen LogP contribution in [0, 0.1) is 0 Å². The highest BCUT2D eigenvalue weighted by Gasteiger charge is 2.29. The molecule has 0 unspecified atom stereocenters. The highest BCUT2D eigenvalue weighted by atomic mass is 19.4. The van der Waals surface area contributed by atoms with Crippen molar-refractivity contribution in [2.45, 2.75) is 31.5 Å². The average molecular weight is 346 g/mol. The first-order chi connectivity index (χ1) is 11.4.